The molecule has 2 rings (SSSR count). The summed E-state index contributed by atoms with van der Waals surface area (Å²) in [6.45, 7) is 4.97. The average Bonchev–Trinajstić information content (AvgIpc) is 2.93. The number of nitrogens with one attached hydrogen (secondary N) is 1. The van der Waals surface area contributed by atoms with Gasteiger partial charge in [0.1, 0.15) is 24.0 Å². The molecule has 0 saturated carbocycles. The van der Waals surface area contributed by atoms with Gasteiger partial charge >= 0.3 is 6.03 Å². The van der Waals surface area contributed by atoms with Crippen molar-refractivity contribution in [3.8, 4) is 11.8 Å². The Kier molecular flexibility index (Phi) is 5.10. The molecule has 1 atom stereocenters. The second-order valence-electron chi connectivity index (χ2n) is 5.74. The van der Waals surface area contributed by atoms with Crippen LogP contribution in [0.5, 0.6) is 5.75 Å². The molecule has 6 heteroatoms. The monoisotopic (exact) mass is 302 g/mol. The lowest BCUT2D eigenvalue weighted by molar-refractivity contribution is 0.163. The normalized spacial score (nSPS) is 17.4. The Balaban J connectivity index is 2.01. The summed E-state index contributed by atoms with van der Waals surface area (Å²) in [4.78, 5) is 13.9. The molecule has 1 fully saturated rings. The van der Waals surface area contributed by atoms with Crippen LogP contribution < -0.4 is 15.8 Å². The molecule has 0 spiro atoms. The molecule has 6 nitrogen and oxygen atoms in total. The molecule has 1 aromatic carbocycles. The van der Waals surface area contributed by atoms with Gasteiger partial charge in [-0.1, -0.05) is 6.07 Å². The van der Waals surface area contributed by atoms with Crippen LogP contribution in [0.3, 0.4) is 0 Å². The van der Waals surface area contributed by atoms with Crippen LogP contribution in [0, 0.1) is 11.3 Å². The molecule has 3 N–H and O–H groups in total. The van der Waals surface area contributed by atoms with Gasteiger partial charge in [0.2, 0.25) is 0 Å². The molecule has 0 radical (unpaired) electrons. The van der Waals surface area contributed by atoms with Crippen molar-refractivity contribution in [2.45, 2.75) is 38.8 Å². The zero-order valence-corrected chi connectivity index (χ0v) is 13.0. The van der Waals surface area contributed by atoms with Crippen molar-refractivity contribution in [2.75, 3.05) is 18.9 Å². The van der Waals surface area contributed by atoms with Crippen molar-refractivity contribution in [3.63, 3.8) is 0 Å². The summed E-state index contributed by atoms with van der Waals surface area (Å²) >= 11 is 0. The Bertz CT molecular complexity index is 580. The Morgan fingerprint density at radius 1 is 1.59 bits per heavy atom. The highest BCUT2D eigenvalue weighted by molar-refractivity contribution is 5.75. The van der Waals surface area contributed by atoms with Gasteiger partial charge in [-0.05, 0) is 38.8 Å². The molecule has 118 valence electrons. The number of rotatable bonds is 4. The number of ether oxygens (including phenoxy) is 1. The van der Waals surface area contributed by atoms with E-state index in [0.29, 0.717) is 23.6 Å². The second-order valence-corrected chi connectivity index (χ2v) is 5.74. The van der Waals surface area contributed by atoms with Gasteiger partial charge in [0.25, 0.3) is 0 Å². The van der Waals surface area contributed by atoms with E-state index in [1.54, 1.807) is 23.1 Å². The molecule has 1 aliphatic rings. The van der Waals surface area contributed by atoms with Gasteiger partial charge in [0.15, 0.2) is 0 Å². The van der Waals surface area contributed by atoms with E-state index in [0.717, 1.165) is 19.4 Å². The van der Waals surface area contributed by atoms with Gasteiger partial charge in [-0.25, -0.2) is 4.79 Å². The van der Waals surface area contributed by atoms with Crippen LogP contribution in [-0.4, -0.2) is 36.2 Å². The molecule has 0 bridgehead atoms. The Hall–Kier alpha value is -2.42. The number of hydrogen-bond donors (Lipinski definition) is 2. The third kappa shape index (κ3) is 3.61. The standard InChI is InChI=1S/C16H22N4O2/c1-11(2)19-16(21)20-8-4-5-12(20)10-22-15-7-3-6-14(18)13(15)9-17/h3,6-7,11-12H,4-5,8,10,18H2,1-2H3,(H,19,21)/t12-/m1/s1. The van der Waals surface area contributed by atoms with Crippen LogP contribution in [0.2, 0.25) is 0 Å². The highest BCUT2D eigenvalue weighted by Crippen LogP contribution is 2.25. The maximum absolute atomic E-state index is 12.1. The first kappa shape index (κ1) is 16.0. The molecule has 1 saturated heterocycles. The van der Waals surface area contributed by atoms with Crippen LogP contribution >= 0.6 is 0 Å². The third-order valence-electron chi connectivity index (χ3n) is 3.65. The van der Waals surface area contributed by atoms with E-state index >= 15 is 0 Å². The van der Waals surface area contributed by atoms with Crippen LogP contribution in [0.25, 0.3) is 0 Å². The molecule has 0 aromatic heterocycles. The summed E-state index contributed by atoms with van der Waals surface area (Å²) in [5, 5.41) is 12.0. The highest BCUT2D eigenvalue weighted by atomic mass is 16.5. The summed E-state index contributed by atoms with van der Waals surface area (Å²) in [6.07, 6.45) is 1.86. The first-order chi connectivity index (χ1) is 10.5. The molecule has 1 aliphatic heterocycles. The predicted molar refractivity (Wildman–Crippen MR) is 84.5 cm³/mol. The summed E-state index contributed by atoms with van der Waals surface area (Å²) in [5.41, 5.74) is 6.52. The SMILES string of the molecule is CC(C)NC(=O)N1CCC[C@@H]1COc1cccc(N)c1C#N. The van der Waals surface area contributed by atoms with Crippen molar-refractivity contribution < 1.29 is 9.53 Å². The predicted octanol–water partition coefficient (Wildman–Crippen LogP) is 2.10. The Labute approximate surface area is 130 Å². The van der Waals surface area contributed by atoms with Crippen molar-refractivity contribution in [3.05, 3.63) is 23.8 Å². The maximum atomic E-state index is 12.1. The zero-order valence-electron chi connectivity index (χ0n) is 13.0. The minimum atomic E-state index is -0.0609. The number of hydrogen-bond acceptors (Lipinski definition) is 4. The topological polar surface area (TPSA) is 91.4 Å². The number of carbonyl (C=O) groups is 1. The molecule has 0 unspecified atom stereocenters. The Morgan fingerprint density at radius 2 is 2.36 bits per heavy atom. The summed E-state index contributed by atoms with van der Waals surface area (Å²) in [7, 11) is 0. The van der Waals surface area contributed by atoms with E-state index in [1.165, 1.54) is 0 Å². The van der Waals surface area contributed by atoms with Gasteiger partial charge in [0.05, 0.1) is 11.7 Å². The fourth-order valence-electron chi connectivity index (χ4n) is 2.58. The molecule has 0 aliphatic carbocycles. The summed E-state index contributed by atoms with van der Waals surface area (Å²) in [6, 6.07) is 7.27. The number of anilines is 1. The molecular weight excluding hydrogens is 280 g/mol. The van der Waals surface area contributed by atoms with E-state index in [4.69, 9.17) is 15.7 Å². The van der Waals surface area contributed by atoms with Crippen LogP contribution in [0.1, 0.15) is 32.3 Å². The molecule has 1 heterocycles. The van der Waals surface area contributed by atoms with E-state index in [-0.39, 0.29) is 18.1 Å². The molecule has 2 amide bonds. The van der Waals surface area contributed by atoms with E-state index in [9.17, 15) is 4.79 Å². The van der Waals surface area contributed by atoms with Crippen molar-refractivity contribution in [2.24, 2.45) is 0 Å². The average molecular weight is 302 g/mol. The summed E-state index contributed by atoms with van der Waals surface area (Å²) in [5.74, 6) is 0.471. The summed E-state index contributed by atoms with van der Waals surface area (Å²) < 4.78 is 5.75. The van der Waals surface area contributed by atoms with Gasteiger partial charge < -0.3 is 20.7 Å². The Morgan fingerprint density at radius 3 is 3.05 bits per heavy atom. The highest BCUT2D eigenvalue weighted by Gasteiger charge is 2.29. The van der Waals surface area contributed by atoms with Crippen LogP contribution in [0.4, 0.5) is 10.5 Å². The van der Waals surface area contributed by atoms with E-state index in [2.05, 4.69) is 11.4 Å². The van der Waals surface area contributed by atoms with E-state index < -0.39 is 0 Å². The minimum absolute atomic E-state index is 0.0201. The fourth-order valence-corrected chi connectivity index (χ4v) is 2.58. The number of amides is 2. The van der Waals surface area contributed by atoms with Gasteiger partial charge in [-0.15, -0.1) is 0 Å². The van der Waals surface area contributed by atoms with Crippen molar-refractivity contribution in [1.82, 2.24) is 10.2 Å². The number of nitrogens with two attached hydrogens (primary N) is 1. The number of likely N-dealkylation sites (tertiary alicyclic amines) is 1. The zero-order chi connectivity index (χ0) is 16.1. The first-order valence-electron chi connectivity index (χ1n) is 7.51. The van der Waals surface area contributed by atoms with Crippen molar-refractivity contribution in [1.29, 1.82) is 5.26 Å². The van der Waals surface area contributed by atoms with Gasteiger partial charge in [0, 0.05) is 12.6 Å². The largest absolute Gasteiger partial charge is 0.490 e. The lowest BCUT2D eigenvalue weighted by Crippen LogP contribution is -2.47. The first-order valence-corrected chi connectivity index (χ1v) is 7.51. The number of urea groups is 1. The molecular formula is C16H22N4O2. The van der Waals surface area contributed by atoms with Gasteiger partial charge in [-0.3, -0.25) is 0 Å². The quantitative estimate of drug-likeness (QED) is 0.833. The fraction of sp³-hybridized carbons (Fsp3) is 0.500. The minimum Gasteiger partial charge on any atom is -0.490 e. The molecule has 22 heavy (non-hydrogen) atoms. The van der Waals surface area contributed by atoms with E-state index in [1.807, 2.05) is 13.8 Å². The molecule has 1 aromatic rings. The number of nitrogens with zero attached hydrogens (tertiary/aromatic N) is 2. The van der Waals surface area contributed by atoms with Crippen molar-refractivity contribution >= 4 is 11.7 Å². The number of nitriles is 1. The van der Waals surface area contributed by atoms with Crippen LogP contribution in [-0.2, 0) is 0 Å². The number of nitrogen functional groups attached to an aromatic ring is 1. The maximum Gasteiger partial charge on any atom is 0.317 e. The number of carbonyl (C=O) groups excluding carboxylic acids is 1. The lowest BCUT2D eigenvalue weighted by Gasteiger charge is -2.26. The third-order valence-corrected chi connectivity index (χ3v) is 3.65. The van der Waals surface area contributed by atoms with Gasteiger partial charge in [-0.2, -0.15) is 5.26 Å². The smallest absolute Gasteiger partial charge is 0.317 e. The second kappa shape index (κ2) is 7.03. The number of benzene rings is 1. The van der Waals surface area contributed by atoms with Crippen LogP contribution in [0.15, 0.2) is 18.2 Å². The lowest BCUT2D eigenvalue weighted by atomic mass is 10.2.